The van der Waals surface area contributed by atoms with Crippen LogP contribution in [0.4, 0.5) is 6.01 Å². The minimum atomic E-state index is -0.422. The molecule has 108 valence electrons. The van der Waals surface area contributed by atoms with Crippen LogP contribution in [-0.4, -0.2) is 25.9 Å². The second-order valence-corrected chi connectivity index (χ2v) is 5.05. The Morgan fingerprint density at radius 1 is 1.33 bits per heavy atom. The molecule has 0 radical (unpaired) electrons. The number of nitrogens with zero attached hydrogens (tertiary/aromatic N) is 4. The minimum Gasteiger partial charge on any atom is -0.444 e. The number of rotatable bonds is 3. The fourth-order valence-electron chi connectivity index (χ4n) is 1.64. The Labute approximate surface area is 127 Å². The predicted octanol–water partition coefficient (Wildman–Crippen LogP) is 2.39. The van der Waals surface area contributed by atoms with Crippen molar-refractivity contribution in [3.63, 3.8) is 0 Å². The molecule has 8 nitrogen and oxygen atoms in total. The highest BCUT2D eigenvalue weighted by atomic mass is 79.9. The van der Waals surface area contributed by atoms with Crippen molar-refractivity contribution < 1.29 is 13.6 Å². The first-order valence-electron chi connectivity index (χ1n) is 5.94. The Morgan fingerprint density at radius 3 is 2.76 bits per heavy atom. The summed E-state index contributed by atoms with van der Waals surface area (Å²) in [5.74, 6) is 0.159. The van der Waals surface area contributed by atoms with Crippen LogP contribution in [0.15, 0.2) is 31.7 Å². The summed E-state index contributed by atoms with van der Waals surface area (Å²) in [4.78, 5) is 12.0. The van der Waals surface area contributed by atoms with Crippen LogP contribution in [0.1, 0.15) is 16.2 Å². The maximum absolute atomic E-state index is 12.0. The second kappa shape index (κ2) is 5.17. The van der Waals surface area contributed by atoms with Gasteiger partial charge in [0.1, 0.15) is 0 Å². The Morgan fingerprint density at radius 2 is 2.14 bits per heavy atom. The van der Waals surface area contributed by atoms with Gasteiger partial charge in [-0.05, 0) is 41.1 Å². The van der Waals surface area contributed by atoms with Crippen molar-refractivity contribution in [3.8, 4) is 11.7 Å². The van der Waals surface area contributed by atoms with Crippen LogP contribution in [0.5, 0.6) is 0 Å². The molecule has 0 bridgehead atoms. The molecule has 21 heavy (non-hydrogen) atoms. The third-order valence-electron chi connectivity index (χ3n) is 2.78. The van der Waals surface area contributed by atoms with Gasteiger partial charge in [0.05, 0.1) is 0 Å². The molecule has 0 saturated heterocycles. The summed E-state index contributed by atoms with van der Waals surface area (Å²) in [5, 5.41) is 14.1. The van der Waals surface area contributed by atoms with Gasteiger partial charge in [-0.15, -0.1) is 5.10 Å². The number of hydrogen-bond donors (Lipinski definition) is 1. The number of aryl methyl sites for hydroxylation is 2. The number of anilines is 1. The maximum atomic E-state index is 12.0. The normalized spacial score (nSPS) is 10.8. The summed E-state index contributed by atoms with van der Waals surface area (Å²) in [6.07, 6.45) is 0. The van der Waals surface area contributed by atoms with E-state index < -0.39 is 5.91 Å². The van der Waals surface area contributed by atoms with Crippen molar-refractivity contribution in [2.45, 2.75) is 6.92 Å². The largest absolute Gasteiger partial charge is 0.444 e. The Hall–Kier alpha value is -2.42. The topological polar surface area (TPSA) is 99.0 Å². The Kier molecular flexibility index (Phi) is 3.34. The van der Waals surface area contributed by atoms with Crippen LogP contribution in [0, 0.1) is 6.92 Å². The van der Waals surface area contributed by atoms with E-state index >= 15 is 0 Å². The molecule has 0 unspecified atom stereocenters. The summed E-state index contributed by atoms with van der Waals surface area (Å²) < 4.78 is 12.7. The lowest BCUT2D eigenvalue weighted by atomic mass is 10.3. The van der Waals surface area contributed by atoms with E-state index in [1.807, 2.05) is 6.92 Å². The zero-order chi connectivity index (χ0) is 15.0. The minimum absolute atomic E-state index is 0.0224. The summed E-state index contributed by atoms with van der Waals surface area (Å²) in [7, 11) is 1.76. The lowest BCUT2D eigenvalue weighted by molar-refractivity contribution is 0.101. The molecular formula is C12H10BrN5O3. The van der Waals surface area contributed by atoms with Gasteiger partial charge in [-0.3, -0.25) is 14.8 Å². The summed E-state index contributed by atoms with van der Waals surface area (Å²) in [5.41, 5.74) is 1.14. The predicted molar refractivity (Wildman–Crippen MR) is 75.6 cm³/mol. The molecule has 0 fully saturated rings. The SMILES string of the molecule is Cc1cc(C(=O)Nc2nnc(-c3ccc(Br)o3)o2)nn1C. The first-order valence-corrected chi connectivity index (χ1v) is 6.73. The third-order valence-corrected chi connectivity index (χ3v) is 3.20. The van der Waals surface area contributed by atoms with Crippen molar-refractivity contribution in [1.29, 1.82) is 0 Å². The van der Waals surface area contributed by atoms with E-state index in [1.54, 1.807) is 29.9 Å². The van der Waals surface area contributed by atoms with Gasteiger partial charge in [0.25, 0.3) is 11.8 Å². The van der Waals surface area contributed by atoms with Gasteiger partial charge < -0.3 is 8.83 Å². The van der Waals surface area contributed by atoms with Gasteiger partial charge in [0.15, 0.2) is 16.1 Å². The summed E-state index contributed by atoms with van der Waals surface area (Å²) in [6.45, 7) is 1.85. The lowest BCUT2D eigenvalue weighted by Gasteiger charge is -1.95. The number of nitrogens with one attached hydrogen (secondary N) is 1. The van der Waals surface area contributed by atoms with Crippen molar-refractivity contribution in [3.05, 3.63) is 34.3 Å². The first-order chi connectivity index (χ1) is 10.0. The van der Waals surface area contributed by atoms with Gasteiger partial charge in [-0.25, -0.2) is 0 Å². The van der Waals surface area contributed by atoms with Crippen LogP contribution < -0.4 is 5.32 Å². The van der Waals surface area contributed by atoms with E-state index in [-0.39, 0.29) is 17.6 Å². The molecule has 3 heterocycles. The number of furan rings is 1. The molecule has 0 aliphatic rings. The van der Waals surface area contributed by atoms with E-state index in [9.17, 15) is 4.79 Å². The highest BCUT2D eigenvalue weighted by molar-refractivity contribution is 9.10. The molecule has 1 amide bonds. The molecule has 9 heteroatoms. The smallest absolute Gasteiger partial charge is 0.322 e. The molecule has 0 aliphatic heterocycles. The monoisotopic (exact) mass is 351 g/mol. The number of amides is 1. The fraction of sp³-hybridized carbons (Fsp3) is 0.167. The van der Waals surface area contributed by atoms with Crippen molar-refractivity contribution >= 4 is 27.9 Å². The van der Waals surface area contributed by atoms with Gasteiger partial charge in [0, 0.05) is 12.7 Å². The van der Waals surface area contributed by atoms with Crippen LogP contribution in [0.25, 0.3) is 11.7 Å². The lowest BCUT2D eigenvalue weighted by Crippen LogP contribution is -2.13. The van der Waals surface area contributed by atoms with Crippen LogP contribution in [0.2, 0.25) is 0 Å². The highest BCUT2D eigenvalue weighted by Gasteiger charge is 2.16. The van der Waals surface area contributed by atoms with Crippen molar-refractivity contribution in [1.82, 2.24) is 20.0 Å². The molecule has 3 rings (SSSR count). The Balaban J connectivity index is 1.76. The van der Waals surface area contributed by atoms with Gasteiger partial charge >= 0.3 is 6.01 Å². The zero-order valence-corrected chi connectivity index (χ0v) is 12.7. The van der Waals surface area contributed by atoms with Gasteiger partial charge in [0.2, 0.25) is 0 Å². The molecule has 0 aromatic carbocycles. The van der Waals surface area contributed by atoms with E-state index in [1.165, 1.54) is 0 Å². The molecule has 3 aromatic heterocycles. The summed E-state index contributed by atoms with van der Waals surface area (Å²) in [6, 6.07) is 5.02. The molecule has 0 saturated carbocycles. The number of carbonyl (C=O) groups excluding carboxylic acids is 1. The highest BCUT2D eigenvalue weighted by Crippen LogP contribution is 2.24. The third kappa shape index (κ3) is 2.72. The van der Waals surface area contributed by atoms with E-state index in [0.717, 1.165) is 5.69 Å². The average molecular weight is 352 g/mol. The number of aromatic nitrogens is 4. The maximum Gasteiger partial charge on any atom is 0.322 e. The molecular weight excluding hydrogens is 342 g/mol. The van der Waals surface area contributed by atoms with Crippen LogP contribution in [0.3, 0.4) is 0 Å². The van der Waals surface area contributed by atoms with Crippen LogP contribution >= 0.6 is 15.9 Å². The van der Waals surface area contributed by atoms with Gasteiger partial charge in [-0.1, -0.05) is 5.10 Å². The Bertz CT molecular complexity index is 784. The molecule has 0 spiro atoms. The number of carbonyl (C=O) groups is 1. The number of halogens is 1. The fourth-order valence-corrected chi connectivity index (χ4v) is 1.94. The van der Waals surface area contributed by atoms with E-state index in [4.69, 9.17) is 8.83 Å². The first kappa shape index (κ1) is 13.6. The van der Waals surface area contributed by atoms with E-state index in [2.05, 4.69) is 36.5 Å². The van der Waals surface area contributed by atoms with Gasteiger partial charge in [-0.2, -0.15) is 5.10 Å². The standard InChI is InChI=1S/C12H10BrN5O3/c1-6-5-7(17-18(6)2)10(19)14-12-16-15-11(21-12)8-3-4-9(13)20-8/h3-5H,1-2H3,(H,14,16,19). The zero-order valence-electron chi connectivity index (χ0n) is 11.1. The second-order valence-electron chi connectivity index (χ2n) is 4.26. The molecule has 0 atom stereocenters. The quantitative estimate of drug-likeness (QED) is 0.777. The summed E-state index contributed by atoms with van der Waals surface area (Å²) >= 11 is 3.18. The molecule has 0 aliphatic carbocycles. The van der Waals surface area contributed by atoms with E-state index in [0.29, 0.717) is 10.4 Å². The average Bonchev–Trinajstić information content (AvgIpc) is 3.12. The van der Waals surface area contributed by atoms with Crippen LogP contribution in [-0.2, 0) is 7.05 Å². The molecule has 3 aromatic rings. The molecule has 1 N–H and O–H groups in total. The van der Waals surface area contributed by atoms with Crippen molar-refractivity contribution in [2.24, 2.45) is 7.05 Å². The van der Waals surface area contributed by atoms with Crippen molar-refractivity contribution in [2.75, 3.05) is 5.32 Å². The number of hydrogen-bond acceptors (Lipinski definition) is 6.